The summed E-state index contributed by atoms with van der Waals surface area (Å²) in [4.78, 5) is 9.16. The number of benzene rings is 7. The number of aryl methyl sites for hydroxylation is 1. The highest BCUT2D eigenvalue weighted by molar-refractivity contribution is 6.21. The van der Waals surface area contributed by atoms with E-state index in [0.717, 1.165) is 34.5 Å². The summed E-state index contributed by atoms with van der Waals surface area (Å²) in [5.41, 5.74) is 12.9. The van der Waals surface area contributed by atoms with Crippen molar-refractivity contribution in [1.29, 1.82) is 0 Å². The van der Waals surface area contributed by atoms with Gasteiger partial charge in [0.05, 0.1) is 11.0 Å². The molecule has 0 saturated heterocycles. The molecule has 3 nitrogen and oxygen atoms in total. The fourth-order valence-corrected chi connectivity index (χ4v) is 7.43. The molecule has 0 radical (unpaired) electrons. The summed E-state index contributed by atoms with van der Waals surface area (Å²) in [5, 5.41) is 4.98. The van der Waals surface area contributed by atoms with E-state index < -0.39 is 0 Å². The lowest BCUT2D eigenvalue weighted by molar-refractivity contribution is 0.908. The van der Waals surface area contributed by atoms with E-state index in [1.807, 2.05) is 12.4 Å². The van der Waals surface area contributed by atoms with Gasteiger partial charge in [0, 0.05) is 24.5 Å². The Morgan fingerprint density at radius 1 is 0.449 bits per heavy atom. The van der Waals surface area contributed by atoms with E-state index in [2.05, 4.69) is 174 Å². The molecule has 9 rings (SSSR count). The van der Waals surface area contributed by atoms with Crippen LogP contribution < -0.4 is 0 Å². The van der Waals surface area contributed by atoms with Gasteiger partial charge in [0.1, 0.15) is 5.82 Å². The van der Waals surface area contributed by atoms with Gasteiger partial charge < -0.3 is 0 Å². The number of hydrogen-bond acceptors (Lipinski definition) is 2. The van der Waals surface area contributed by atoms with Crippen molar-refractivity contribution in [3.8, 4) is 50.2 Å². The molecule has 3 heteroatoms. The first kappa shape index (κ1) is 28.9. The van der Waals surface area contributed by atoms with Gasteiger partial charge in [-0.3, -0.25) is 9.55 Å². The predicted molar refractivity (Wildman–Crippen MR) is 205 cm³/mol. The first-order valence-electron chi connectivity index (χ1n) is 16.9. The minimum Gasteiger partial charge on any atom is -0.296 e. The van der Waals surface area contributed by atoms with Crippen molar-refractivity contribution in [2.75, 3.05) is 0 Å². The van der Waals surface area contributed by atoms with E-state index in [-0.39, 0.29) is 0 Å². The fraction of sp³-hybridized carbons (Fsp3) is 0.0435. The third-order valence-corrected chi connectivity index (χ3v) is 9.63. The van der Waals surface area contributed by atoms with Gasteiger partial charge in [0.15, 0.2) is 0 Å². The Hall–Kier alpha value is -6.32. The Bertz CT molecular complexity index is 2590. The molecule has 2 heterocycles. The summed E-state index contributed by atoms with van der Waals surface area (Å²) in [7, 11) is 0. The molecule has 9 aromatic rings. The maximum Gasteiger partial charge on any atom is 0.114 e. The number of imidazole rings is 1. The molecular weight excluding hydrogens is 595 g/mol. The third kappa shape index (κ3) is 4.99. The van der Waals surface area contributed by atoms with Crippen molar-refractivity contribution in [3.63, 3.8) is 0 Å². The molecule has 7 aromatic carbocycles. The summed E-state index contributed by atoms with van der Waals surface area (Å²) in [6, 6.07) is 57.0. The van der Waals surface area contributed by atoms with Crippen LogP contribution in [0.25, 0.3) is 82.8 Å². The standard InChI is InChI=1S/C46H33N3/c1-2-44-48-42-22-7-8-23-43(42)49(44)37-17-11-14-34(30-37)33-13-10-16-36(29-33)46-40-20-5-3-18-38(40)45(39-19-4-6-21-41(39)46)35-15-9-12-32(28-35)31-24-26-47-27-25-31/h3-30H,2H2,1H3. The summed E-state index contributed by atoms with van der Waals surface area (Å²) < 4.78 is 2.30. The highest BCUT2D eigenvalue weighted by Crippen LogP contribution is 2.44. The quantitative estimate of drug-likeness (QED) is 0.172. The van der Waals surface area contributed by atoms with Crippen molar-refractivity contribution in [2.45, 2.75) is 13.3 Å². The van der Waals surface area contributed by atoms with Crippen molar-refractivity contribution in [3.05, 3.63) is 176 Å². The lowest BCUT2D eigenvalue weighted by Crippen LogP contribution is -2.00. The van der Waals surface area contributed by atoms with Gasteiger partial charge in [-0.15, -0.1) is 0 Å². The molecule has 0 bridgehead atoms. The Morgan fingerprint density at radius 2 is 0.939 bits per heavy atom. The number of para-hydroxylation sites is 2. The maximum absolute atomic E-state index is 4.93. The van der Waals surface area contributed by atoms with Crippen LogP contribution in [0.1, 0.15) is 12.7 Å². The van der Waals surface area contributed by atoms with Crippen LogP contribution in [-0.4, -0.2) is 14.5 Å². The van der Waals surface area contributed by atoms with E-state index in [9.17, 15) is 0 Å². The second-order valence-corrected chi connectivity index (χ2v) is 12.5. The molecular formula is C46H33N3. The summed E-state index contributed by atoms with van der Waals surface area (Å²) in [5.74, 6) is 1.07. The monoisotopic (exact) mass is 627 g/mol. The second-order valence-electron chi connectivity index (χ2n) is 12.5. The molecule has 0 aliphatic heterocycles. The van der Waals surface area contributed by atoms with Crippen LogP contribution in [0.5, 0.6) is 0 Å². The molecule has 0 saturated carbocycles. The predicted octanol–water partition coefficient (Wildman–Crippen LogP) is 12.0. The molecule has 0 N–H and O–H groups in total. The number of pyridine rings is 1. The van der Waals surface area contributed by atoms with E-state index in [4.69, 9.17) is 4.98 Å². The van der Waals surface area contributed by atoms with Crippen molar-refractivity contribution < 1.29 is 0 Å². The van der Waals surface area contributed by atoms with E-state index in [1.165, 1.54) is 60.5 Å². The average molecular weight is 628 g/mol. The van der Waals surface area contributed by atoms with Crippen molar-refractivity contribution >= 4 is 32.6 Å². The largest absolute Gasteiger partial charge is 0.296 e. The SMILES string of the molecule is CCc1nc2ccccc2n1-c1cccc(-c2cccc(-c3c4ccccc4c(-c4cccc(-c5ccncc5)c4)c4ccccc34)c2)c1. The number of nitrogens with zero attached hydrogens (tertiary/aromatic N) is 3. The van der Waals surface area contributed by atoms with Gasteiger partial charge in [-0.2, -0.15) is 0 Å². The Balaban J connectivity index is 1.22. The highest BCUT2D eigenvalue weighted by atomic mass is 15.1. The summed E-state index contributed by atoms with van der Waals surface area (Å²) in [6.07, 6.45) is 4.57. The summed E-state index contributed by atoms with van der Waals surface area (Å²) in [6.45, 7) is 2.17. The first-order valence-corrected chi connectivity index (χ1v) is 16.9. The lowest BCUT2D eigenvalue weighted by Gasteiger charge is -2.18. The van der Waals surface area contributed by atoms with Gasteiger partial charge in [0.25, 0.3) is 0 Å². The number of rotatable bonds is 6. The van der Waals surface area contributed by atoms with Crippen LogP contribution in [0, 0.1) is 0 Å². The number of hydrogen-bond donors (Lipinski definition) is 0. The molecule has 49 heavy (non-hydrogen) atoms. The maximum atomic E-state index is 4.93. The minimum atomic E-state index is 0.860. The molecule has 0 fully saturated rings. The smallest absolute Gasteiger partial charge is 0.114 e. The lowest BCUT2D eigenvalue weighted by atomic mass is 9.85. The van der Waals surface area contributed by atoms with Crippen molar-refractivity contribution in [2.24, 2.45) is 0 Å². The fourth-order valence-electron chi connectivity index (χ4n) is 7.43. The molecule has 232 valence electrons. The van der Waals surface area contributed by atoms with Crippen LogP contribution in [0.2, 0.25) is 0 Å². The molecule has 2 aromatic heterocycles. The van der Waals surface area contributed by atoms with Gasteiger partial charge in [-0.1, -0.05) is 116 Å². The van der Waals surface area contributed by atoms with Crippen LogP contribution in [-0.2, 0) is 6.42 Å². The first-order chi connectivity index (χ1) is 24.3. The normalized spacial score (nSPS) is 11.4. The van der Waals surface area contributed by atoms with Gasteiger partial charge >= 0.3 is 0 Å². The van der Waals surface area contributed by atoms with Gasteiger partial charge in [-0.25, -0.2) is 4.98 Å². The number of fused-ring (bicyclic) bond motifs is 3. The van der Waals surface area contributed by atoms with Gasteiger partial charge in [-0.05, 0) is 115 Å². The highest BCUT2D eigenvalue weighted by Gasteiger charge is 2.18. The molecule has 0 aliphatic rings. The third-order valence-electron chi connectivity index (χ3n) is 9.63. The zero-order valence-electron chi connectivity index (χ0n) is 27.2. The number of aromatic nitrogens is 3. The second kappa shape index (κ2) is 12.0. The molecule has 0 unspecified atom stereocenters. The topological polar surface area (TPSA) is 30.7 Å². The van der Waals surface area contributed by atoms with E-state index >= 15 is 0 Å². The zero-order chi connectivity index (χ0) is 32.7. The van der Waals surface area contributed by atoms with E-state index in [0.29, 0.717) is 0 Å². The van der Waals surface area contributed by atoms with Crippen LogP contribution in [0.3, 0.4) is 0 Å². The van der Waals surface area contributed by atoms with Crippen LogP contribution in [0.4, 0.5) is 0 Å². The molecule has 0 aliphatic carbocycles. The molecule has 0 spiro atoms. The average Bonchev–Trinajstić information content (AvgIpc) is 3.56. The summed E-state index contributed by atoms with van der Waals surface area (Å²) >= 11 is 0. The Morgan fingerprint density at radius 3 is 1.53 bits per heavy atom. The molecule has 0 amide bonds. The Labute approximate surface area is 285 Å². The van der Waals surface area contributed by atoms with Crippen LogP contribution >= 0.6 is 0 Å². The minimum absolute atomic E-state index is 0.860. The van der Waals surface area contributed by atoms with Gasteiger partial charge in [0.2, 0.25) is 0 Å². The van der Waals surface area contributed by atoms with Crippen LogP contribution in [0.15, 0.2) is 170 Å². The van der Waals surface area contributed by atoms with E-state index in [1.54, 1.807) is 0 Å². The Kier molecular flexibility index (Phi) is 7.09. The zero-order valence-corrected chi connectivity index (χ0v) is 27.2. The molecule has 0 atom stereocenters. The van der Waals surface area contributed by atoms with Crippen molar-refractivity contribution in [1.82, 2.24) is 14.5 Å².